The summed E-state index contributed by atoms with van der Waals surface area (Å²) in [6.07, 6.45) is 16.5. The number of carboxylic acids is 1. The van der Waals surface area contributed by atoms with E-state index in [1.807, 2.05) is 67.8 Å². The molecule has 45 heavy (non-hydrogen) atoms. The molecule has 1 atom stereocenters. The van der Waals surface area contributed by atoms with Crippen LogP contribution in [0.4, 0.5) is 0 Å². The Morgan fingerprint density at radius 1 is 0.978 bits per heavy atom. The van der Waals surface area contributed by atoms with Crippen LogP contribution >= 0.6 is 11.8 Å². The first-order chi connectivity index (χ1) is 21.3. The molecule has 4 fully saturated rings. The van der Waals surface area contributed by atoms with Crippen LogP contribution in [-0.4, -0.2) is 40.7 Å². The van der Waals surface area contributed by atoms with E-state index in [0.29, 0.717) is 34.6 Å². The Morgan fingerprint density at radius 3 is 2.31 bits per heavy atom. The molecule has 4 aliphatic carbocycles. The summed E-state index contributed by atoms with van der Waals surface area (Å²) in [5.41, 5.74) is 5.16. The van der Waals surface area contributed by atoms with Gasteiger partial charge >= 0.3 is 18.9 Å². The molecule has 3 aromatic rings. The minimum Gasteiger partial charge on any atom is -0.548 e. The van der Waals surface area contributed by atoms with Gasteiger partial charge in [0, 0.05) is 34.5 Å². The molecule has 4 aliphatic rings. The van der Waals surface area contributed by atoms with Crippen LogP contribution in [0.15, 0.2) is 60.9 Å². The Hall–Kier alpha value is -3.11. The maximum Gasteiger partial charge on any atom is 1.00 e. The fourth-order valence-electron chi connectivity index (χ4n) is 8.29. The van der Waals surface area contributed by atoms with E-state index in [-0.39, 0.29) is 36.5 Å². The predicted octanol–water partition coefficient (Wildman–Crippen LogP) is 3.23. The van der Waals surface area contributed by atoms with Crippen LogP contribution in [-0.2, 0) is 4.79 Å². The molecule has 2 aromatic carbocycles. The molecule has 0 unspecified atom stereocenters. The van der Waals surface area contributed by atoms with Crippen LogP contribution in [0.25, 0.3) is 23.3 Å². The third-order valence-electron chi connectivity index (χ3n) is 10.00. The molecular formula is C37H39LiN2O4S. The van der Waals surface area contributed by atoms with E-state index < -0.39 is 17.9 Å². The number of benzene rings is 2. The zero-order valence-electron chi connectivity index (χ0n) is 26.4. The fraction of sp³-hybridized carbons (Fsp3) is 0.405. The molecule has 7 rings (SSSR count). The van der Waals surface area contributed by atoms with Gasteiger partial charge in [-0.05, 0) is 122 Å². The number of carbonyl (C=O) groups is 3. The number of carbonyl (C=O) groups excluding carboxylic acids is 3. The zero-order chi connectivity index (χ0) is 30.8. The molecule has 0 radical (unpaired) electrons. The fourth-order valence-corrected chi connectivity index (χ4v) is 8.76. The second-order valence-electron chi connectivity index (χ2n) is 13.1. The van der Waals surface area contributed by atoms with E-state index in [1.54, 1.807) is 18.5 Å². The van der Waals surface area contributed by atoms with Gasteiger partial charge in [0.1, 0.15) is 0 Å². The third kappa shape index (κ3) is 7.01. The minimum absolute atomic E-state index is 0. The van der Waals surface area contributed by atoms with E-state index in [0.717, 1.165) is 47.1 Å². The van der Waals surface area contributed by atoms with Gasteiger partial charge in [0.2, 0.25) is 0 Å². The molecule has 1 heterocycles. The van der Waals surface area contributed by atoms with Gasteiger partial charge in [-0.1, -0.05) is 42.5 Å². The van der Waals surface area contributed by atoms with Crippen molar-refractivity contribution >= 4 is 41.6 Å². The normalized spacial score (nSPS) is 23.8. The number of Topliss-reactive ketones (excluding diaryl/α,β-unsaturated/α-hetero) is 1. The number of hydrogen-bond donors (Lipinski definition) is 1. The first-order valence-corrected chi connectivity index (χ1v) is 17.0. The third-order valence-corrected chi connectivity index (χ3v) is 10.6. The van der Waals surface area contributed by atoms with E-state index in [4.69, 9.17) is 0 Å². The summed E-state index contributed by atoms with van der Waals surface area (Å²) in [6, 6.07) is 14.1. The number of pyridine rings is 1. The number of rotatable bonds is 11. The standard InChI is InChI=1S/C37H40N2O4S.Li/c1-23-5-3-4-6-29(23)32-18-24(8-10-31(32)35(41)39-33(36(42)43)12-14-44-2)7-9-28-22-38-13-11-30(28)34(40)37-19-25-15-26(20-37)17-27(16-25)21-37;/h3-11,13,18,22,25-27,33H,12,14-17,19-21H2,1-2H3,(H,39,41)(H,42,43);/q;+1/p-1/b9-7+;/t25?,26?,27?,33-,37?;/m0./s1. The van der Waals surface area contributed by atoms with Gasteiger partial charge < -0.3 is 15.2 Å². The number of nitrogens with one attached hydrogen (secondary N) is 1. The van der Waals surface area contributed by atoms with Crippen molar-refractivity contribution in [3.05, 3.63) is 88.7 Å². The molecule has 6 nitrogen and oxygen atoms in total. The summed E-state index contributed by atoms with van der Waals surface area (Å²) in [4.78, 5) is 43.7. The summed E-state index contributed by atoms with van der Waals surface area (Å²) in [5, 5.41) is 14.4. The van der Waals surface area contributed by atoms with Gasteiger partial charge in [-0.3, -0.25) is 14.6 Å². The maximum absolute atomic E-state index is 14.2. The molecule has 1 amide bonds. The smallest absolute Gasteiger partial charge is 0.548 e. The summed E-state index contributed by atoms with van der Waals surface area (Å²) < 4.78 is 0. The number of hydrogen-bond acceptors (Lipinski definition) is 6. The number of ketones is 1. The van der Waals surface area contributed by atoms with Crippen LogP contribution in [0.2, 0.25) is 0 Å². The Kier molecular flexibility index (Phi) is 10.4. The van der Waals surface area contributed by atoms with Gasteiger partial charge in [0.15, 0.2) is 5.78 Å². The van der Waals surface area contributed by atoms with Crippen molar-refractivity contribution in [3.63, 3.8) is 0 Å². The maximum atomic E-state index is 14.2. The summed E-state index contributed by atoms with van der Waals surface area (Å²) in [7, 11) is 0. The van der Waals surface area contributed by atoms with Gasteiger partial charge in [0.25, 0.3) is 5.91 Å². The molecular weight excluding hydrogens is 575 g/mol. The van der Waals surface area contributed by atoms with Crippen LogP contribution in [0.3, 0.4) is 0 Å². The quantitative estimate of drug-likeness (QED) is 0.263. The van der Waals surface area contributed by atoms with Crippen LogP contribution < -0.4 is 29.3 Å². The van der Waals surface area contributed by atoms with Crippen molar-refractivity contribution in [2.45, 2.75) is 57.9 Å². The molecule has 8 heteroatoms. The van der Waals surface area contributed by atoms with E-state index in [1.165, 1.54) is 31.0 Å². The number of amides is 1. The predicted molar refractivity (Wildman–Crippen MR) is 174 cm³/mol. The molecule has 0 spiro atoms. The molecule has 0 saturated heterocycles. The SMILES string of the molecule is CSCC[C@H](NC(=O)c1ccc(/C=C/c2cnccc2C(=O)C23CC4CC(CC(C4)C2)C3)cc1-c1ccccc1C)C(=O)[O-].[Li+]. The zero-order valence-corrected chi connectivity index (χ0v) is 27.2. The summed E-state index contributed by atoms with van der Waals surface area (Å²) in [5.74, 6) is 1.19. The van der Waals surface area contributed by atoms with Crippen molar-refractivity contribution in [3.8, 4) is 11.1 Å². The van der Waals surface area contributed by atoms with Crippen LogP contribution in [0.5, 0.6) is 0 Å². The molecule has 1 N–H and O–H groups in total. The number of nitrogens with zero attached hydrogens (tertiary/aromatic N) is 1. The van der Waals surface area contributed by atoms with Gasteiger partial charge in [-0.15, -0.1) is 0 Å². The molecule has 0 aliphatic heterocycles. The average molecular weight is 615 g/mol. The average Bonchev–Trinajstić information content (AvgIpc) is 3.01. The number of aromatic nitrogens is 1. The van der Waals surface area contributed by atoms with Crippen molar-refractivity contribution in [2.75, 3.05) is 12.0 Å². The Morgan fingerprint density at radius 2 is 1.67 bits per heavy atom. The topological polar surface area (TPSA) is 99.2 Å². The second kappa shape index (κ2) is 14.1. The molecule has 228 valence electrons. The number of aliphatic carboxylic acids is 1. The largest absolute Gasteiger partial charge is 1.00 e. The van der Waals surface area contributed by atoms with Crippen LogP contribution in [0.1, 0.15) is 82.4 Å². The van der Waals surface area contributed by atoms with Crippen molar-refractivity contribution < 1.29 is 38.4 Å². The monoisotopic (exact) mass is 614 g/mol. The van der Waals surface area contributed by atoms with Crippen molar-refractivity contribution in [1.82, 2.24) is 10.3 Å². The second-order valence-corrected chi connectivity index (χ2v) is 14.1. The Labute approximate surface area is 282 Å². The number of aryl methyl sites for hydroxylation is 1. The van der Waals surface area contributed by atoms with Crippen molar-refractivity contribution in [1.29, 1.82) is 0 Å². The number of thioether (sulfide) groups is 1. The van der Waals surface area contributed by atoms with Gasteiger partial charge in [-0.2, -0.15) is 11.8 Å². The Balaban J connectivity index is 0.00000400. The summed E-state index contributed by atoms with van der Waals surface area (Å²) in [6.45, 7) is 1.99. The molecule has 4 bridgehead atoms. The first kappa shape index (κ1) is 33.3. The van der Waals surface area contributed by atoms with Crippen LogP contribution in [0, 0.1) is 30.1 Å². The summed E-state index contributed by atoms with van der Waals surface area (Å²) >= 11 is 1.52. The first-order valence-electron chi connectivity index (χ1n) is 15.6. The molecule has 1 aromatic heterocycles. The van der Waals surface area contributed by atoms with Crippen molar-refractivity contribution in [2.24, 2.45) is 23.2 Å². The van der Waals surface area contributed by atoms with Gasteiger partial charge in [-0.25, -0.2) is 0 Å². The Bertz CT molecular complexity index is 1580. The number of carboxylic acid groups (broad SMARTS) is 1. The molecule has 4 saturated carbocycles. The minimum atomic E-state index is -1.29. The van der Waals surface area contributed by atoms with E-state index in [2.05, 4.69) is 10.3 Å². The van der Waals surface area contributed by atoms with Gasteiger partial charge in [0.05, 0.1) is 12.0 Å². The van der Waals surface area contributed by atoms with E-state index in [9.17, 15) is 19.5 Å². The van der Waals surface area contributed by atoms with E-state index >= 15 is 0 Å².